The third-order valence-corrected chi connectivity index (χ3v) is 3.93. The summed E-state index contributed by atoms with van der Waals surface area (Å²) in [7, 11) is 0. The van der Waals surface area contributed by atoms with Gasteiger partial charge in [-0.05, 0) is 35.4 Å². The van der Waals surface area contributed by atoms with E-state index in [9.17, 15) is 0 Å². The Morgan fingerprint density at radius 2 is 1.53 bits per heavy atom. The van der Waals surface area contributed by atoms with E-state index < -0.39 is 0 Å². The Morgan fingerprint density at radius 3 is 2.05 bits per heavy atom. The lowest BCUT2D eigenvalue weighted by atomic mass is 9.88. The van der Waals surface area contributed by atoms with E-state index in [4.69, 9.17) is 17.3 Å². The van der Waals surface area contributed by atoms with Crippen LogP contribution in [0.25, 0.3) is 0 Å². The fourth-order valence-corrected chi connectivity index (χ4v) is 2.46. The summed E-state index contributed by atoms with van der Waals surface area (Å²) < 4.78 is 1.05. The van der Waals surface area contributed by atoms with Gasteiger partial charge in [-0.15, -0.1) is 6.58 Å². The van der Waals surface area contributed by atoms with Gasteiger partial charge in [0, 0.05) is 21.5 Å². The van der Waals surface area contributed by atoms with Crippen molar-refractivity contribution < 1.29 is 0 Å². The standard InChI is InChI=1S/C16H15BrClN/c1-2-15(11-3-7-13(17)8-4-11)16(19)12-5-9-14(18)10-6-12/h2-10,15-16H,1,19H2/t15-,16+/m1/s1. The van der Waals surface area contributed by atoms with Gasteiger partial charge in [-0.3, -0.25) is 0 Å². The molecule has 0 saturated heterocycles. The molecule has 3 heteroatoms. The summed E-state index contributed by atoms with van der Waals surface area (Å²) in [6.07, 6.45) is 1.89. The Kier molecular flexibility index (Phi) is 4.81. The van der Waals surface area contributed by atoms with Gasteiger partial charge >= 0.3 is 0 Å². The molecule has 19 heavy (non-hydrogen) atoms. The minimum atomic E-state index is -0.129. The largest absolute Gasteiger partial charge is 0.323 e. The van der Waals surface area contributed by atoms with Crippen molar-refractivity contribution in [3.63, 3.8) is 0 Å². The molecule has 0 spiro atoms. The second-order valence-electron chi connectivity index (χ2n) is 4.39. The predicted octanol–water partition coefficient (Wildman–Crippen LogP) is 5.07. The lowest BCUT2D eigenvalue weighted by Gasteiger charge is -2.21. The summed E-state index contributed by atoms with van der Waals surface area (Å²) in [5, 5.41) is 0.717. The van der Waals surface area contributed by atoms with E-state index in [1.807, 2.05) is 42.5 Å². The maximum absolute atomic E-state index is 6.34. The maximum atomic E-state index is 6.34. The number of halogens is 2. The molecular formula is C16H15BrClN. The zero-order chi connectivity index (χ0) is 13.8. The lowest BCUT2D eigenvalue weighted by molar-refractivity contribution is 0.647. The van der Waals surface area contributed by atoms with Gasteiger partial charge in [0.25, 0.3) is 0 Å². The Bertz CT molecular complexity index is 548. The van der Waals surface area contributed by atoms with Gasteiger partial charge in [-0.1, -0.05) is 57.9 Å². The number of nitrogens with two attached hydrogens (primary N) is 1. The first-order valence-corrected chi connectivity index (χ1v) is 7.18. The fraction of sp³-hybridized carbons (Fsp3) is 0.125. The van der Waals surface area contributed by atoms with Gasteiger partial charge in [-0.2, -0.15) is 0 Å². The van der Waals surface area contributed by atoms with E-state index in [2.05, 4.69) is 34.6 Å². The van der Waals surface area contributed by atoms with Crippen molar-refractivity contribution in [1.82, 2.24) is 0 Å². The van der Waals surface area contributed by atoms with Crippen LogP contribution in [0.2, 0.25) is 5.02 Å². The van der Waals surface area contributed by atoms with Crippen LogP contribution < -0.4 is 5.73 Å². The average Bonchev–Trinajstić information content (AvgIpc) is 2.42. The molecule has 0 aromatic heterocycles. The van der Waals surface area contributed by atoms with Crippen molar-refractivity contribution in [1.29, 1.82) is 0 Å². The van der Waals surface area contributed by atoms with Crippen LogP contribution in [0.5, 0.6) is 0 Å². The minimum Gasteiger partial charge on any atom is -0.323 e. The fourth-order valence-electron chi connectivity index (χ4n) is 2.07. The predicted molar refractivity (Wildman–Crippen MR) is 85.5 cm³/mol. The number of hydrogen-bond acceptors (Lipinski definition) is 1. The molecule has 0 amide bonds. The summed E-state index contributed by atoms with van der Waals surface area (Å²) in [5.41, 5.74) is 8.55. The van der Waals surface area contributed by atoms with Crippen molar-refractivity contribution in [2.45, 2.75) is 12.0 Å². The molecule has 2 aromatic carbocycles. The van der Waals surface area contributed by atoms with Crippen molar-refractivity contribution in [3.05, 3.63) is 81.8 Å². The topological polar surface area (TPSA) is 26.0 Å². The lowest BCUT2D eigenvalue weighted by Crippen LogP contribution is -2.18. The van der Waals surface area contributed by atoms with Gasteiger partial charge in [-0.25, -0.2) is 0 Å². The molecule has 1 nitrogen and oxygen atoms in total. The molecule has 0 saturated carbocycles. The SMILES string of the molecule is C=C[C@H](c1ccc(Br)cc1)[C@@H](N)c1ccc(Cl)cc1. The van der Waals surface area contributed by atoms with Crippen molar-refractivity contribution in [3.8, 4) is 0 Å². The van der Waals surface area contributed by atoms with E-state index in [1.165, 1.54) is 0 Å². The van der Waals surface area contributed by atoms with Crippen LogP contribution >= 0.6 is 27.5 Å². The van der Waals surface area contributed by atoms with E-state index in [1.54, 1.807) is 0 Å². The normalized spacial score (nSPS) is 13.8. The highest BCUT2D eigenvalue weighted by Gasteiger charge is 2.18. The van der Waals surface area contributed by atoms with Crippen LogP contribution in [-0.4, -0.2) is 0 Å². The molecule has 0 unspecified atom stereocenters. The molecule has 0 radical (unpaired) electrons. The molecule has 0 heterocycles. The van der Waals surface area contributed by atoms with E-state index in [-0.39, 0.29) is 12.0 Å². The second-order valence-corrected chi connectivity index (χ2v) is 5.74. The second kappa shape index (κ2) is 6.38. The molecule has 0 aliphatic carbocycles. The molecule has 0 fully saturated rings. The van der Waals surface area contributed by atoms with Crippen LogP contribution in [0.3, 0.4) is 0 Å². The average molecular weight is 337 g/mol. The Labute approximate surface area is 127 Å². The van der Waals surface area contributed by atoms with E-state index in [0.717, 1.165) is 20.6 Å². The molecule has 98 valence electrons. The van der Waals surface area contributed by atoms with Gasteiger partial charge < -0.3 is 5.73 Å². The molecule has 2 aromatic rings. The van der Waals surface area contributed by atoms with Gasteiger partial charge in [0.1, 0.15) is 0 Å². The molecule has 2 atom stereocenters. The molecule has 0 aliphatic rings. The first kappa shape index (κ1) is 14.3. The minimum absolute atomic E-state index is 0.0780. The van der Waals surface area contributed by atoms with Gasteiger partial charge in [0.15, 0.2) is 0 Å². The van der Waals surface area contributed by atoms with Crippen LogP contribution in [0.15, 0.2) is 65.7 Å². The van der Waals surface area contributed by atoms with E-state index >= 15 is 0 Å². The maximum Gasteiger partial charge on any atom is 0.0406 e. The smallest absolute Gasteiger partial charge is 0.0406 e. The molecule has 2 N–H and O–H groups in total. The van der Waals surface area contributed by atoms with Crippen LogP contribution in [0.4, 0.5) is 0 Å². The Balaban J connectivity index is 2.28. The highest BCUT2D eigenvalue weighted by atomic mass is 79.9. The molecule has 0 bridgehead atoms. The van der Waals surface area contributed by atoms with E-state index in [0.29, 0.717) is 0 Å². The van der Waals surface area contributed by atoms with Crippen molar-refractivity contribution >= 4 is 27.5 Å². The highest BCUT2D eigenvalue weighted by Crippen LogP contribution is 2.31. The summed E-state index contributed by atoms with van der Waals surface area (Å²) in [6.45, 7) is 3.91. The van der Waals surface area contributed by atoms with Crippen LogP contribution in [-0.2, 0) is 0 Å². The third kappa shape index (κ3) is 3.47. The summed E-state index contributed by atoms with van der Waals surface area (Å²) >= 11 is 9.33. The monoisotopic (exact) mass is 335 g/mol. The summed E-state index contributed by atoms with van der Waals surface area (Å²) in [6, 6.07) is 15.7. The molecule has 2 rings (SSSR count). The molecular weight excluding hydrogens is 322 g/mol. The van der Waals surface area contributed by atoms with Crippen molar-refractivity contribution in [2.75, 3.05) is 0 Å². The summed E-state index contributed by atoms with van der Waals surface area (Å²) in [5.74, 6) is 0.0780. The van der Waals surface area contributed by atoms with Crippen molar-refractivity contribution in [2.24, 2.45) is 5.73 Å². The highest BCUT2D eigenvalue weighted by molar-refractivity contribution is 9.10. The molecule has 0 aliphatic heterocycles. The summed E-state index contributed by atoms with van der Waals surface area (Å²) in [4.78, 5) is 0. The van der Waals surface area contributed by atoms with Gasteiger partial charge in [0.05, 0.1) is 0 Å². The van der Waals surface area contributed by atoms with Gasteiger partial charge in [0.2, 0.25) is 0 Å². The Hall–Kier alpha value is -1.09. The van der Waals surface area contributed by atoms with Crippen LogP contribution in [0.1, 0.15) is 23.1 Å². The zero-order valence-electron chi connectivity index (χ0n) is 10.4. The first-order chi connectivity index (χ1) is 9.11. The first-order valence-electron chi connectivity index (χ1n) is 6.01. The Morgan fingerprint density at radius 1 is 1.00 bits per heavy atom. The number of hydrogen-bond donors (Lipinski definition) is 1. The number of benzene rings is 2. The number of rotatable bonds is 4. The van der Waals surface area contributed by atoms with Crippen LogP contribution in [0, 0.1) is 0 Å². The quantitative estimate of drug-likeness (QED) is 0.775. The zero-order valence-corrected chi connectivity index (χ0v) is 12.7. The third-order valence-electron chi connectivity index (χ3n) is 3.15.